The molecule has 0 bridgehead atoms. The topological polar surface area (TPSA) is 18.5 Å². The Morgan fingerprint density at radius 1 is 0.320 bits per heavy atom. The van der Waals surface area contributed by atoms with Gasteiger partial charge in [-0.1, -0.05) is 0 Å². The largest absolute Gasteiger partial charge is 0.483 e. The Labute approximate surface area is 124 Å². The SMILES string of the molecule is FC(F)(F)C(F)(F)OC(F)(F)C(F)(F)C(F)(F)OC(F)(F)C(F)(F)F. The van der Waals surface area contributed by atoms with Gasteiger partial charge in [0.05, 0.1) is 0 Å². The molecule has 0 unspecified atom stereocenters. The summed E-state index contributed by atoms with van der Waals surface area (Å²) in [5.74, 6) is -7.83. The van der Waals surface area contributed by atoms with Gasteiger partial charge in [-0.2, -0.15) is 70.2 Å². The molecule has 0 saturated carbocycles. The fraction of sp³-hybridized carbons (Fsp3) is 1.00. The molecule has 0 aromatic rings. The van der Waals surface area contributed by atoms with Crippen LogP contribution in [0.25, 0.3) is 0 Å². The molecule has 25 heavy (non-hydrogen) atoms. The van der Waals surface area contributed by atoms with Gasteiger partial charge in [0.2, 0.25) is 0 Å². The molecule has 18 heteroatoms. The van der Waals surface area contributed by atoms with Crippen molar-refractivity contribution in [2.45, 2.75) is 42.7 Å². The second-order valence-corrected chi connectivity index (χ2v) is 3.84. The number of alkyl halides is 16. The van der Waals surface area contributed by atoms with Gasteiger partial charge in [-0.3, -0.25) is 0 Å². The van der Waals surface area contributed by atoms with Crippen LogP contribution in [0.2, 0.25) is 0 Å². The molecule has 0 aliphatic carbocycles. The van der Waals surface area contributed by atoms with E-state index in [4.69, 9.17) is 0 Å². The fourth-order valence-electron chi connectivity index (χ4n) is 0.735. The van der Waals surface area contributed by atoms with Gasteiger partial charge in [-0.25, -0.2) is 9.47 Å². The molecule has 0 fully saturated rings. The molecule has 0 rings (SSSR count). The summed E-state index contributed by atoms with van der Waals surface area (Å²) in [6.07, 6.45) is -44.0. The summed E-state index contributed by atoms with van der Waals surface area (Å²) < 4.78 is 196. The molecule has 0 aliphatic heterocycles. The van der Waals surface area contributed by atoms with Crippen molar-refractivity contribution >= 4 is 0 Å². The van der Waals surface area contributed by atoms with Crippen LogP contribution in [0.1, 0.15) is 0 Å². The van der Waals surface area contributed by atoms with E-state index in [0.717, 1.165) is 0 Å². The standard InChI is InChI=1S/C7F16O2/c8-1(9,4(16,17)24-6(20,21)2(10,11)12)5(18,19)25-7(22,23)3(13,14)15. The Balaban J connectivity index is 5.79. The third-order valence-corrected chi connectivity index (χ3v) is 1.90. The maximum Gasteiger partial charge on any atom is 0.483 e. The van der Waals surface area contributed by atoms with Crippen LogP contribution in [0, 0.1) is 0 Å². The van der Waals surface area contributed by atoms with Gasteiger partial charge in [0.15, 0.2) is 0 Å². The molecule has 0 saturated heterocycles. The van der Waals surface area contributed by atoms with Crippen LogP contribution in [0.15, 0.2) is 0 Å². The first-order valence-electron chi connectivity index (χ1n) is 4.84. The second kappa shape index (κ2) is 5.92. The van der Waals surface area contributed by atoms with Crippen LogP contribution in [0.3, 0.4) is 0 Å². The molecule has 0 amide bonds. The molecule has 0 aromatic carbocycles. The molecular weight excluding hydrogens is 420 g/mol. The zero-order valence-electron chi connectivity index (χ0n) is 10.4. The molecule has 0 heterocycles. The average Bonchev–Trinajstić information content (AvgIpc) is 2.21. The third-order valence-electron chi connectivity index (χ3n) is 1.90. The van der Waals surface area contributed by atoms with Gasteiger partial charge in [-0.05, 0) is 0 Å². The highest BCUT2D eigenvalue weighted by atomic mass is 19.4. The van der Waals surface area contributed by atoms with Gasteiger partial charge >= 0.3 is 42.7 Å². The summed E-state index contributed by atoms with van der Waals surface area (Å²) in [5, 5.41) is 0. The van der Waals surface area contributed by atoms with Crippen LogP contribution in [-0.2, 0) is 9.47 Å². The van der Waals surface area contributed by atoms with Crippen molar-refractivity contribution in [3.05, 3.63) is 0 Å². The minimum absolute atomic E-state index is 1.21. The normalized spacial score (nSPS) is 16.3. The first kappa shape index (κ1) is 23.8. The smallest absolute Gasteiger partial charge is 0.243 e. The van der Waals surface area contributed by atoms with Gasteiger partial charge in [0.25, 0.3) is 0 Å². The lowest BCUT2D eigenvalue weighted by Crippen LogP contribution is -2.62. The van der Waals surface area contributed by atoms with Crippen molar-refractivity contribution in [1.82, 2.24) is 0 Å². The summed E-state index contributed by atoms with van der Waals surface area (Å²) in [4.78, 5) is 0. The van der Waals surface area contributed by atoms with E-state index in [1.165, 1.54) is 9.47 Å². The van der Waals surface area contributed by atoms with Crippen LogP contribution in [-0.4, -0.2) is 42.7 Å². The predicted molar refractivity (Wildman–Crippen MR) is 39.0 cm³/mol. The number of rotatable bonds is 6. The van der Waals surface area contributed by atoms with Crippen LogP contribution >= 0.6 is 0 Å². The van der Waals surface area contributed by atoms with E-state index in [-0.39, 0.29) is 0 Å². The van der Waals surface area contributed by atoms with E-state index in [9.17, 15) is 70.2 Å². The van der Waals surface area contributed by atoms with Crippen molar-refractivity contribution in [2.75, 3.05) is 0 Å². The Morgan fingerprint density at radius 3 is 0.680 bits per heavy atom. The van der Waals surface area contributed by atoms with E-state index in [0.29, 0.717) is 0 Å². The number of hydrogen-bond donors (Lipinski definition) is 0. The predicted octanol–water partition coefficient (Wildman–Crippen LogP) is 5.15. The zero-order chi connectivity index (χ0) is 20.9. The first-order valence-corrected chi connectivity index (χ1v) is 4.84. The van der Waals surface area contributed by atoms with Gasteiger partial charge < -0.3 is 0 Å². The maximum atomic E-state index is 12.7. The van der Waals surface area contributed by atoms with Crippen molar-refractivity contribution in [2.24, 2.45) is 0 Å². The van der Waals surface area contributed by atoms with Gasteiger partial charge in [-0.15, -0.1) is 0 Å². The van der Waals surface area contributed by atoms with E-state index >= 15 is 0 Å². The van der Waals surface area contributed by atoms with Crippen LogP contribution in [0.5, 0.6) is 0 Å². The highest BCUT2D eigenvalue weighted by Gasteiger charge is 2.81. The summed E-state index contributed by atoms with van der Waals surface area (Å²) in [6, 6.07) is 0. The molecule has 0 aromatic heterocycles. The minimum atomic E-state index is -7.83. The number of halogens is 16. The second-order valence-electron chi connectivity index (χ2n) is 3.84. The highest BCUT2D eigenvalue weighted by Crippen LogP contribution is 2.53. The Morgan fingerprint density at radius 2 is 0.520 bits per heavy atom. The summed E-state index contributed by atoms with van der Waals surface area (Å²) in [6.45, 7) is 0. The molecule has 2 nitrogen and oxygen atoms in total. The molecule has 0 N–H and O–H groups in total. The molecular formula is C7F16O2. The third kappa shape index (κ3) is 4.50. The van der Waals surface area contributed by atoms with Crippen LogP contribution < -0.4 is 0 Å². The Bertz CT molecular complexity index is 430. The molecule has 0 radical (unpaired) electrons. The molecule has 0 atom stereocenters. The lowest BCUT2D eigenvalue weighted by molar-refractivity contribution is -0.544. The average molecular weight is 420 g/mol. The Hall–Kier alpha value is -1.20. The Kier molecular flexibility index (Phi) is 5.63. The van der Waals surface area contributed by atoms with E-state index in [1.807, 2.05) is 0 Å². The van der Waals surface area contributed by atoms with E-state index < -0.39 is 42.7 Å². The zero-order valence-corrected chi connectivity index (χ0v) is 10.4. The van der Waals surface area contributed by atoms with Gasteiger partial charge in [0, 0.05) is 0 Å². The highest BCUT2D eigenvalue weighted by molar-refractivity contribution is 4.89. The molecule has 0 spiro atoms. The van der Waals surface area contributed by atoms with Gasteiger partial charge in [0.1, 0.15) is 0 Å². The minimum Gasteiger partial charge on any atom is -0.243 e. The van der Waals surface area contributed by atoms with Crippen molar-refractivity contribution < 1.29 is 79.7 Å². The lowest BCUT2D eigenvalue weighted by Gasteiger charge is -2.35. The van der Waals surface area contributed by atoms with E-state index in [2.05, 4.69) is 0 Å². The fourth-order valence-corrected chi connectivity index (χ4v) is 0.735. The summed E-state index contributed by atoms with van der Waals surface area (Å²) >= 11 is 0. The van der Waals surface area contributed by atoms with Crippen LogP contribution in [0.4, 0.5) is 70.2 Å². The first-order chi connectivity index (χ1) is 10.4. The van der Waals surface area contributed by atoms with E-state index in [1.54, 1.807) is 0 Å². The summed E-state index contributed by atoms with van der Waals surface area (Å²) in [7, 11) is 0. The quantitative estimate of drug-likeness (QED) is 0.554. The maximum absolute atomic E-state index is 12.7. The van der Waals surface area contributed by atoms with Crippen molar-refractivity contribution in [3.63, 3.8) is 0 Å². The lowest BCUT2D eigenvalue weighted by atomic mass is 10.3. The monoisotopic (exact) mass is 420 g/mol. The molecule has 0 aliphatic rings. The van der Waals surface area contributed by atoms with Crippen molar-refractivity contribution in [3.8, 4) is 0 Å². The number of hydrogen-bond acceptors (Lipinski definition) is 2. The summed E-state index contributed by atoms with van der Waals surface area (Å²) in [5.41, 5.74) is 0. The van der Waals surface area contributed by atoms with Crippen molar-refractivity contribution in [1.29, 1.82) is 0 Å². The number of ether oxygens (including phenoxy) is 2. The molecule has 152 valence electrons.